The van der Waals surface area contributed by atoms with E-state index in [1.165, 1.54) is 4.90 Å². The van der Waals surface area contributed by atoms with Crippen LogP contribution in [0.15, 0.2) is 12.3 Å². The topological polar surface area (TPSA) is 82.5 Å². The third-order valence-corrected chi connectivity index (χ3v) is 2.03. The van der Waals surface area contributed by atoms with Crippen molar-refractivity contribution in [1.29, 1.82) is 0 Å². The first-order chi connectivity index (χ1) is 7.93. The van der Waals surface area contributed by atoms with E-state index in [0.717, 1.165) is 12.3 Å². The zero-order valence-electron chi connectivity index (χ0n) is 9.40. The third kappa shape index (κ3) is 3.13. The number of nitrogens with zero attached hydrogens (tertiary/aromatic N) is 2. The van der Waals surface area contributed by atoms with Crippen molar-refractivity contribution in [2.45, 2.75) is 0 Å². The van der Waals surface area contributed by atoms with Crippen molar-refractivity contribution in [2.24, 2.45) is 0 Å². The molecule has 1 rings (SSSR count). The number of hydrogen-bond acceptors (Lipinski definition) is 4. The van der Waals surface area contributed by atoms with E-state index in [1.54, 1.807) is 14.1 Å². The quantitative estimate of drug-likeness (QED) is 0.798. The van der Waals surface area contributed by atoms with Crippen molar-refractivity contribution in [3.63, 3.8) is 0 Å². The van der Waals surface area contributed by atoms with Gasteiger partial charge in [0, 0.05) is 20.3 Å². The highest BCUT2D eigenvalue weighted by Gasteiger charge is 2.15. The van der Waals surface area contributed by atoms with E-state index in [4.69, 9.17) is 5.11 Å². The van der Waals surface area contributed by atoms with Crippen LogP contribution >= 0.6 is 0 Å². The van der Waals surface area contributed by atoms with Crippen LogP contribution in [0.5, 0.6) is 0 Å². The van der Waals surface area contributed by atoms with Gasteiger partial charge >= 0.3 is 5.97 Å². The molecule has 7 heteroatoms. The Hall–Kier alpha value is -2.18. The van der Waals surface area contributed by atoms with Crippen LogP contribution in [0.25, 0.3) is 0 Å². The fraction of sp³-hybridized carbons (Fsp3) is 0.300. The minimum atomic E-state index is -1.38. The Bertz CT molecular complexity index is 448. The van der Waals surface area contributed by atoms with Crippen LogP contribution in [0.1, 0.15) is 10.4 Å². The summed E-state index contributed by atoms with van der Waals surface area (Å²) in [6, 6.07) is 1.05. The number of anilines is 1. The van der Waals surface area contributed by atoms with Crippen molar-refractivity contribution in [3.05, 3.63) is 23.6 Å². The molecular weight excluding hydrogens is 229 g/mol. The highest BCUT2D eigenvalue weighted by Crippen LogP contribution is 2.14. The number of carboxylic acids is 1. The second-order valence-corrected chi connectivity index (χ2v) is 3.47. The molecule has 0 radical (unpaired) electrons. The molecule has 0 saturated heterocycles. The molecule has 0 aliphatic rings. The number of aromatic nitrogens is 1. The molecule has 0 unspecified atom stereocenters. The molecule has 17 heavy (non-hydrogen) atoms. The molecule has 0 aliphatic heterocycles. The van der Waals surface area contributed by atoms with Crippen LogP contribution in [0.2, 0.25) is 0 Å². The van der Waals surface area contributed by atoms with Crippen LogP contribution < -0.4 is 5.32 Å². The highest BCUT2D eigenvalue weighted by atomic mass is 19.1. The van der Waals surface area contributed by atoms with E-state index in [1.807, 2.05) is 0 Å². The van der Waals surface area contributed by atoms with Crippen molar-refractivity contribution < 1.29 is 19.1 Å². The van der Waals surface area contributed by atoms with E-state index >= 15 is 0 Å². The summed E-state index contributed by atoms with van der Waals surface area (Å²) in [6.07, 6.45) is 1.16. The van der Waals surface area contributed by atoms with Crippen molar-refractivity contribution in [1.82, 2.24) is 9.88 Å². The van der Waals surface area contributed by atoms with Crippen LogP contribution in [-0.2, 0) is 4.79 Å². The van der Waals surface area contributed by atoms with E-state index < -0.39 is 17.3 Å². The van der Waals surface area contributed by atoms with Crippen molar-refractivity contribution in [3.8, 4) is 0 Å². The molecule has 92 valence electrons. The summed E-state index contributed by atoms with van der Waals surface area (Å²) in [4.78, 5) is 26.9. The summed E-state index contributed by atoms with van der Waals surface area (Å²) in [5, 5.41) is 11.1. The molecule has 0 bridgehead atoms. The molecule has 0 aliphatic carbocycles. The lowest BCUT2D eigenvalue weighted by molar-refractivity contribution is -0.126. The number of carbonyl (C=O) groups is 2. The number of aromatic carboxylic acids is 1. The summed E-state index contributed by atoms with van der Waals surface area (Å²) < 4.78 is 13.5. The van der Waals surface area contributed by atoms with Gasteiger partial charge in [-0.25, -0.2) is 14.2 Å². The molecule has 2 N–H and O–H groups in total. The summed E-state index contributed by atoms with van der Waals surface area (Å²) in [5.41, 5.74) is -0.486. The molecule has 0 atom stereocenters. The SMILES string of the molecule is CN(C)C(=O)CNc1nccc(C(=O)O)c1F. The largest absolute Gasteiger partial charge is 0.478 e. The maximum Gasteiger partial charge on any atom is 0.338 e. The Morgan fingerprint density at radius 2 is 2.18 bits per heavy atom. The number of carbonyl (C=O) groups excluding carboxylic acids is 1. The van der Waals surface area contributed by atoms with Crippen LogP contribution in [0.3, 0.4) is 0 Å². The summed E-state index contributed by atoms with van der Waals surface area (Å²) in [6.45, 7) is -0.153. The Morgan fingerprint density at radius 1 is 1.53 bits per heavy atom. The van der Waals surface area contributed by atoms with Gasteiger partial charge < -0.3 is 15.3 Å². The molecule has 0 saturated carbocycles. The fourth-order valence-corrected chi connectivity index (χ4v) is 1.05. The third-order valence-electron chi connectivity index (χ3n) is 2.03. The number of pyridine rings is 1. The van der Waals surface area contributed by atoms with Gasteiger partial charge in [0.2, 0.25) is 5.91 Å². The van der Waals surface area contributed by atoms with E-state index in [2.05, 4.69) is 10.3 Å². The fourth-order valence-electron chi connectivity index (χ4n) is 1.05. The second kappa shape index (κ2) is 5.24. The Morgan fingerprint density at radius 3 is 2.71 bits per heavy atom. The van der Waals surface area contributed by atoms with E-state index in [9.17, 15) is 14.0 Å². The average Bonchev–Trinajstić information content (AvgIpc) is 2.26. The Kier molecular flexibility index (Phi) is 3.97. The normalized spacial score (nSPS) is 9.82. The van der Waals surface area contributed by atoms with Gasteiger partial charge in [-0.2, -0.15) is 0 Å². The van der Waals surface area contributed by atoms with Crippen molar-refractivity contribution in [2.75, 3.05) is 26.0 Å². The molecule has 0 spiro atoms. The first-order valence-electron chi connectivity index (χ1n) is 4.75. The summed E-state index contributed by atoms with van der Waals surface area (Å²) >= 11 is 0. The molecular formula is C10H12FN3O3. The van der Waals surface area contributed by atoms with Gasteiger partial charge in [0.1, 0.15) is 5.56 Å². The van der Waals surface area contributed by atoms with Gasteiger partial charge in [0.15, 0.2) is 11.6 Å². The lowest BCUT2D eigenvalue weighted by atomic mass is 10.2. The minimum Gasteiger partial charge on any atom is -0.478 e. The summed E-state index contributed by atoms with van der Waals surface area (Å²) in [7, 11) is 3.11. The number of carboxylic acid groups (broad SMARTS) is 1. The maximum absolute atomic E-state index is 13.5. The molecule has 1 amide bonds. The van der Waals surface area contributed by atoms with Gasteiger partial charge in [-0.05, 0) is 6.07 Å². The van der Waals surface area contributed by atoms with Gasteiger partial charge in [-0.1, -0.05) is 0 Å². The standard InChI is InChI=1S/C10H12FN3O3/c1-14(2)7(15)5-13-9-8(11)6(10(16)17)3-4-12-9/h3-4H,5H2,1-2H3,(H,12,13)(H,16,17). The smallest absolute Gasteiger partial charge is 0.338 e. The number of amides is 1. The zero-order chi connectivity index (χ0) is 13.0. The zero-order valence-corrected chi connectivity index (χ0v) is 9.40. The number of rotatable bonds is 4. The van der Waals surface area contributed by atoms with Crippen LogP contribution in [0, 0.1) is 5.82 Å². The van der Waals surface area contributed by atoms with Gasteiger partial charge in [0.25, 0.3) is 0 Å². The van der Waals surface area contributed by atoms with E-state index in [-0.39, 0.29) is 18.3 Å². The molecule has 0 fully saturated rings. The number of likely N-dealkylation sites (N-methyl/N-ethyl adjacent to an activating group) is 1. The van der Waals surface area contributed by atoms with Gasteiger partial charge in [0.05, 0.1) is 6.54 Å². The first-order valence-corrected chi connectivity index (χ1v) is 4.75. The first kappa shape index (κ1) is 12.9. The summed E-state index contributed by atoms with van der Waals surface area (Å²) in [5.74, 6) is -2.88. The number of nitrogens with one attached hydrogen (secondary N) is 1. The Balaban J connectivity index is 2.82. The minimum absolute atomic E-state index is 0.153. The predicted octanol–water partition coefficient (Wildman–Crippen LogP) is 0.419. The monoisotopic (exact) mass is 241 g/mol. The van der Waals surface area contributed by atoms with Crippen LogP contribution in [-0.4, -0.2) is 47.5 Å². The lowest BCUT2D eigenvalue weighted by Gasteiger charge is -2.11. The predicted molar refractivity (Wildman–Crippen MR) is 58.3 cm³/mol. The van der Waals surface area contributed by atoms with Crippen molar-refractivity contribution >= 4 is 17.7 Å². The second-order valence-electron chi connectivity index (χ2n) is 3.47. The van der Waals surface area contributed by atoms with E-state index in [0.29, 0.717) is 0 Å². The highest BCUT2D eigenvalue weighted by molar-refractivity contribution is 5.89. The molecule has 6 nitrogen and oxygen atoms in total. The van der Waals surface area contributed by atoms with Gasteiger partial charge in [-0.15, -0.1) is 0 Å². The Labute approximate surface area is 97.1 Å². The van der Waals surface area contributed by atoms with Crippen LogP contribution in [0.4, 0.5) is 10.2 Å². The van der Waals surface area contributed by atoms with Gasteiger partial charge in [-0.3, -0.25) is 4.79 Å². The molecule has 1 heterocycles. The lowest BCUT2D eigenvalue weighted by Crippen LogP contribution is -2.29. The molecule has 1 aromatic rings. The molecule has 0 aromatic carbocycles. The maximum atomic E-state index is 13.5. The number of hydrogen-bond donors (Lipinski definition) is 2. The molecule has 1 aromatic heterocycles. The average molecular weight is 241 g/mol. The number of halogens is 1.